The van der Waals surface area contributed by atoms with Crippen LogP contribution in [0, 0.1) is 0 Å². The lowest BCUT2D eigenvalue weighted by Crippen LogP contribution is -2.28. The van der Waals surface area contributed by atoms with Crippen LogP contribution >= 0.6 is 11.6 Å². The molecule has 160 valence electrons. The predicted octanol–water partition coefficient (Wildman–Crippen LogP) is 6.09. The largest absolute Gasteiger partial charge is 0.479 e. The number of esters is 1. The summed E-state index contributed by atoms with van der Waals surface area (Å²) in [6.45, 7) is 5.86. The van der Waals surface area contributed by atoms with Crippen LogP contribution in [0.15, 0.2) is 72.8 Å². The van der Waals surface area contributed by atoms with E-state index in [9.17, 15) is 9.59 Å². The summed E-state index contributed by atoms with van der Waals surface area (Å²) in [5, 5.41) is 3.37. The third-order valence-corrected chi connectivity index (χ3v) is 4.88. The normalized spacial score (nSPS) is 11.6. The topological polar surface area (TPSA) is 64.6 Å². The second-order valence-electron chi connectivity index (χ2n) is 7.39. The monoisotopic (exact) mass is 437 g/mol. The van der Waals surface area contributed by atoms with Gasteiger partial charge in [-0.2, -0.15) is 0 Å². The number of carbonyl (C=O) groups is 2. The number of amides is 1. The van der Waals surface area contributed by atoms with Crippen LogP contribution in [0.5, 0.6) is 11.5 Å². The van der Waals surface area contributed by atoms with Crippen molar-refractivity contribution >= 4 is 29.2 Å². The van der Waals surface area contributed by atoms with E-state index in [1.165, 1.54) is 5.56 Å². The van der Waals surface area contributed by atoms with Crippen molar-refractivity contribution in [1.82, 2.24) is 0 Å². The molecule has 0 heterocycles. The smallest absolute Gasteiger partial charge is 0.352 e. The summed E-state index contributed by atoms with van der Waals surface area (Å²) < 4.78 is 11.0. The van der Waals surface area contributed by atoms with Crippen LogP contribution in [-0.4, -0.2) is 18.0 Å². The molecule has 3 rings (SSSR count). The SMILES string of the molecule is CC(Oc1ccc(C(C)C)cc1)C(=O)Oc1ccc(C(=O)Nc2ccc(Cl)cc2)cc1. The summed E-state index contributed by atoms with van der Waals surface area (Å²) in [5.41, 5.74) is 2.27. The summed E-state index contributed by atoms with van der Waals surface area (Å²) >= 11 is 5.85. The Morgan fingerprint density at radius 1 is 0.806 bits per heavy atom. The Bertz CT molecular complexity index is 1030. The first-order valence-corrected chi connectivity index (χ1v) is 10.3. The van der Waals surface area contributed by atoms with Crippen LogP contribution < -0.4 is 14.8 Å². The maximum atomic E-state index is 12.3. The molecule has 0 spiro atoms. The van der Waals surface area contributed by atoms with E-state index in [-0.39, 0.29) is 5.91 Å². The number of halogens is 1. The Hall–Kier alpha value is -3.31. The van der Waals surface area contributed by atoms with E-state index in [1.54, 1.807) is 55.5 Å². The van der Waals surface area contributed by atoms with Crippen LogP contribution in [0.25, 0.3) is 0 Å². The molecule has 6 heteroatoms. The van der Waals surface area contributed by atoms with Crippen molar-refractivity contribution in [3.05, 3.63) is 88.9 Å². The van der Waals surface area contributed by atoms with Gasteiger partial charge < -0.3 is 14.8 Å². The van der Waals surface area contributed by atoms with Crippen LogP contribution in [-0.2, 0) is 4.79 Å². The highest BCUT2D eigenvalue weighted by Crippen LogP contribution is 2.21. The Morgan fingerprint density at radius 2 is 1.39 bits per heavy atom. The molecule has 0 aromatic heterocycles. The highest BCUT2D eigenvalue weighted by atomic mass is 35.5. The van der Waals surface area contributed by atoms with Crippen molar-refractivity contribution in [3.63, 3.8) is 0 Å². The minimum Gasteiger partial charge on any atom is -0.479 e. The summed E-state index contributed by atoms with van der Waals surface area (Å²) in [7, 11) is 0. The number of anilines is 1. The first-order valence-electron chi connectivity index (χ1n) is 9.97. The number of nitrogens with one attached hydrogen (secondary N) is 1. The number of ether oxygens (including phenoxy) is 2. The van der Waals surface area contributed by atoms with Crippen LogP contribution in [0.2, 0.25) is 5.02 Å². The molecule has 1 unspecified atom stereocenters. The quantitative estimate of drug-likeness (QED) is 0.359. The second-order valence-corrected chi connectivity index (χ2v) is 7.83. The number of carbonyl (C=O) groups excluding carboxylic acids is 2. The van der Waals surface area contributed by atoms with Crippen molar-refractivity contribution in [1.29, 1.82) is 0 Å². The highest BCUT2D eigenvalue weighted by molar-refractivity contribution is 6.30. The van der Waals surface area contributed by atoms with Gasteiger partial charge in [-0.3, -0.25) is 4.79 Å². The van der Waals surface area contributed by atoms with E-state index < -0.39 is 12.1 Å². The minimum atomic E-state index is -0.780. The molecule has 5 nitrogen and oxygen atoms in total. The molecule has 0 aliphatic heterocycles. The fourth-order valence-electron chi connectivity index (χ4n) is 2.79. The molecule has 1 atom stereocenters. The first kappa shape index (κ1) is 22.4. The van der Waals surface area contributed by atoms with Crippen LogP contribution in [0.3, 0.4) is 0 Å². The van der Waals surface area contributed by atoms with Crippen LogP contribution in [0.4, 0.5) is 5.69 Å². The average molecular weight is 438 g/mol. The fraction of sp³-hybridized carbons (Fsp3) is 0.200. The zero-order valence-corrected chi connectivity index (χ0v) is 18.3. The third-order valence-electron chi connectivity index (χ3n) is 4.63. The van der Waals surface area contributed by atoms with E-state index >= 15 is 0 Å². The van der Waals surface area contributed by atoms with Crippen molar-refractivity contribution in [3.8, 4) is 11.5 Å². The Morgan fingerprint density at radius 3 is 1.97 bits per heavy atom. The van der Waals surface area contributed by atoms with Gasteiger partial charge in [0.05, 0.1) is 0 Å². The zero-order chi connectivity index (χ0) is 22.4. The number of benzene rings is 3. The molecular weight excluding hydrogens is 414 g/mol. The van der Waals surface area contributed by atoms with E-state index in [0.29, 0.717) is 33.7 Å². The van der Waals surface area contributed by atoms with E-state index in [1.807, 2.05) is 24.3 Å². The molecule has 0 aliphatic carbocycles. The molecular formula is C25H24ClNO4. The van der Waals surface area contributed by atoms with Gasteiger partial charge in [0, 0.05) is 16.3 Å². The summed E-state index contributed by atoms with van der Waals surface area (Å²) in [4.78, 5) is 24.7. The highest BCUT2D eigenvalue weighted by Gasteiger charge is 2.18. The Labute approximate surface area is 187 Å². The molecule has 31 heavy (non-hydrogen) atoms. The molecule has 0 fully saturated rings. The van der Waals surface area contributed by atoms with Crippen molar-refractivity contribution in [2.45, 2.75) is 32.8 Å². The molecule has 0 radical (unpaired) electrons. The van der Waals surface area contributed by atoms with E-state index in [2.05, 4.69) is 19.2 Å². The van der Waals surface area contributed by atoms with Gasteiger partial charge in [-0.25, -0.2) is 4.79 Å². The Kier molecular flexibility index (Phi) is 7.32. The standard InChI is InChI=1S/C25H24ClNO4/c1-16(2)18-4-12-22(13-5-18)30-17(3)25(29)31-23-14-6-19(7-15-23)24(28)27-21-10-8-20(26)9-11-21/h4-17H,1-3H3,(H,27,28). The van der Waals surface area contributed by atoms with Gasteiger partial charge >= 0.3 is 5.97 Å². The minimum absolute atomic E-state index is 0.276. The number of hydrogen-bond acceptors (Lipinski definition) is 4. The molecule has 0 saturated heterocycles. The summed E-state index contributed by atoms with van der Waals surface area (Å²) in [5.74, 6) is 0.558. The number of hydrogen-bond donors (Lipinski definition) is 1. The first-order chi connectivity index (χ1) is 14.8. The maximum Gasteiger partial charge on any atom is 0.352 e. The van der Waals surface area contributed by atoms with Gasteiger partial charge in [-0.1, -0.05) is 37.6 Å². The second kappa shape index (κ2) is 10.1. The van der Waals surface area contributed by atoms with Crippen molar-refractivity contribution in [2.24, 2.45) is 0 Å². The molecule has 0 saturated carbocycles. The molecule has 3 aromatic carbocycles. The van der Waals surface area contributed by atoms with E-state index in [4.69, 9.17) is 21.1 Å². The lowest BCUT2D eigenvalue weighted by Gasteiger charge is -2.15. The maximum absolute atomic E-state index is 12.3. The van der Waals surface area contributed by atoms with Gasteiger partial charge in [-0.05, 0) is 79.1 Å². The van der Waals surface area contributed by atoms with Gasteiger partial charge in [-0.15, -0.1) is 0 Å². The molecule has 1 amide bonds. The van der Waals surface area contributed by atoms with Crippen LogP contribution in [0.1, 0.15) is 42.6 Å². The van der Waals surface area contributed by atoms with E-state index in [0.717, 1.165) is 0 Å². The summed E-state index contributed by atoms with van der Waals surface area (Å²) in [6.07, 6.45) is -0.780. The van der Waals surface area contributed by atoms with Gasteiger partial charge in [0.1, 0.15) is 11.5 Å². The fourth-order valence-corrected chi connectivity index (χ4v) is 2.92. The Balaban J connectivity index is 1.55. The zero-order valence-electron chi connectivity index (χ0n) is 17.6. The van der Waals surface area contributed by atoms with Gasteiger partial charge in [0.2, 0.25) is 0 Å². The lowest BCUT2D eigenvalue weighted by molar-refractivity contribution is -0.141. The van der Waals surface area contributed by atoms with Crippen molar-refractivity contribution in [2.75, 3.05) is 5.32 Å². The summed E-state index contributed by atoms with van der Waals surface area (Å²) in [6, 6.07) is 20.8. The van der Waals surface area contributed by atoms with Gasteiger partial charge in [0.15, 0.2) is 6.10 Å². The lowest BCUT2D eigenvalue weighted by atomic mass is 10.0. The van der Waals surface area contributed by atoms with Gasteiger partial charge in [0.25, 0.3) is 5.91 Å². The molecule has 3 aromatic rings. The predicted molar refractivity (Wildman–Crippen MR) is 122 cm³/mol. The molecule has 1 N–H and O–H groups in total. The third kappa shape index (κ3) is 6.33. The molecule has 0 aliphatic rings. The van der Waals surface area contributed by atoms with Crippen molar-refractivity contribution < 1.29 is 19.1 Å². The average Bonchev–Trinajstić information content (AvgIpc) is 2.76. The number of rotatable bonds is 7. The molecule has 0 bridgehead atoms.